The van der Waals surface area contributed by atoms with Gasteiger partial charge in [-0.1, -0.05) is 13.0 Å². The van der Waals surface area contributed by atoms with Crippen LogP contribution in [-0.2, 0) is 17.9 Å². The summed E-state index contributed by atoms with van der Waals surface area (Å²) in [5.74, 6) is 0. The topological polar surface area (TPSA) is 34.1 Å². The minimum Gasteiger partial charge on any atom is -0.375 e. The van der Waals surface area contributed by atoms with Crippen molar-refractivity contribution < 1.29 is 17.9 Å². The fraction of sp³-hybridized carbons (Fsp3) is 0.615. The third-order valence-corrected chi connectivity index (χ3v) is 2.38. The summed E-state index contributed by atoms with van der Waals surface area (Å²) in [6, 6.07) is 5.46. The van der Waals surface area contributed by atoms with E-state index in [1.165, 1.54) is 0 Å². The molecule has 0 amide bonds. The first-order valence-corrected chi connectivity index (χ1v) is 6.31. The summed E-state index contributed by atoms with van der Waals surface area (Å²) >= 11 is 0. The first-order valence-electron chi connectivity index (χ1n) is 6.31. The van der Waals surface area contributed by atoms with Gasteiger partial charge in [-0.3, -0.25) is 4.98 Å². The maximum atomic E-state index is 11.9. The summed E-state index contributed by atoms with van der Waals surface area (Å²) in [5, 5.41) is 3.21. The Balaban J connectivity index is 2.31. The number of halogens is 3. The van der Waals surface area contributed by atoms with Crippen molar-refractivity contribution in [3.8, 4) is 0 Å². The highest BCUT2D eigenvalue weighted by atomic mass is 19.4. The van der Waals surface area contributed by atoms with Crippen LogP contribution in [0.4, 0.5) is 13.2 Å². The van der Waals surface area contributed by atoms with Gasteiger partial charge in [0.25, 0.3) is 0 Å². The van der Waals surface area contributed by atoms with Gasteiger partial charge in [-0.15, -0.1) is 0 Å². The molecule has 19 heavy (non-hydrogen) atoms. The van der Waals surface area contributed by atoms with E-state index in [2.05, 4.69) is 17.2 Å². The Kier molecular flexibility index (Phi) is 6.80. The van der Waals surface area contributed by atoms with Gasteiger partial charge in [0.15, 0.2) is 0 Å². The van der Waals surface area contributed by atoms with Gasteiger partial charge in [0, 0.05) is 6.54 Å². The van der Waals surface area contributed by atoms with Crippen molar-refractivity contribution in [1.82, 2.24) is 10.3 Å². The zero-order valence-corrected chi connectivity index (χ0v) is 11.0. The molecule has 108 valence electrons. The Morgan fingerprint density at radius 3 is 2.68 bits per heavy atom. The van der Waals surface area contributed by atoms with Crippen LogP contribution in [0.25, 0.3) is 0 Å². The highest BCUT2D eigenvalue weighted by Gasteiger charge is 2.26. The Morgan fingerprint density at radius 1 is 1.26 bits per heavy atom. The summed E-state index contributed by atoms with van der Waals surface area (Å²) in [4.78, 5) is 4.31. The average Bonchev–Trinajstić information content (AvgIpc) is 2.35. The minimum atomic E-state index is -4.17. The van der Waals surface area contributed by atoms with Crippen LogP contribution in [0.3, 0.4) is 0 Å². The van der Waals surface area contributed by atoms with Crippen molar-refractivity contribution >= 4 is 0 Å². The zero-order chi connectivity index (χ0) is 14.1. The molecule has 1 aromatic rings. The number of nitrogens with zero attached hydrogens (tertiary/aromatic N) is 1. The lowest BCUT2D eigenvalue weighted by Crippen LogP contribution is -2.15. The van der Waals surface area contributed by atoms with Crippen molar-refractivity contribution in [1.29, 1.82) is 0 Å². The molecule has 0 bridgehead atoms. The fourth-order valence-corrected chi connectivity index (χ4v) is 1.47. The molecule has 0 aliphatic rings. The van der Waals surface area contributed by atoms with Gasteiger partial charge in [-0.2, -0.15) is 13.2 Å². The zero-order valence-electron chi connectivity index (χ0n) is 11.0. The van der Waals surface area contributed by atoms with E-state index in [0.29, 0.717) is 12.2 Å². The molecule has 1 rings (SSSR count). The molecule has 0 saturated heterocycles. The van der Waals surface area contributed by atoms with Crippen LogP contribution in [0, 0.1) is 0 Å². The second kappa shape index (κ2) is 8.12. The van der Waals surface area contributed by atoms with Crippen LogP contribution in [0.15, 0.2) is 18.2 Å². The first-order chi connectivity index (χ1) is 9.01. The Bertz CT molecular complexity index is 369. The average molecular weight is 276 g/mol. The molecule has 0 aliphatic heterocycles. The monoisotopic (exact) mass is 276 g/mol. The molecule has 1 N–H and O–H groups in total. The predicted molar refractivity (Wildman–Crippen MR) is 66.6 cm³/mol. The van der Waals surface area contributed by atoms with Crippen LogP contribution in [-0.4, -0.2) is 24.3 Å². The summed E-state index contributed by atoms with van der Waals surface area (Å²) in [5.41, 5.74) is 1.52. The molecule has 6 heteroatoms. The first kappa shape index (κ1) is 15.9. The SMILES string of the molecule is CCCNCc1cccc(COCCC(F)(F)F)n1. The van der Waals surface area contributed by atoms with Crippen LogP contribution < -0.4 is 5.32 Å². The lowest BCUT2D eigenvalue weighted by Gasteiger charge is -2.08. The van der Waals surface area contributed by atoms with Crippen molar-refractivity contribution in [3.63, 3.8) is 0 Å². The third kappa shape index (κ3) is 7.79. The number of hydrogen-bond acceptors (Lipinski definition) is 3. The normalized spacial score (nSPS) is 11.8. The molecule has 0 radical (unpaired) electrons. The molecule has 3 nitrogen and oxygen atoms in total. The van der Waals surface area contributed by atoms with Gasteiger partial charge in [-0.05, 0) is 25.1 Å². The van der Waals surface area contributed by atoms with E-state index in [0.717, 1.165) is 18.7 Å². The Hall–Kier alpha value is -1.14. The fourth-order valence-electron chi connectivity index (χ4n) is 1.47. The number of alkyl halides is 3. The number of aromatic nitrogens is 1. The van der Waals surface area contributed by atoms with Gasteiger partial charge in [0.1, 0.15) is 0 Å². The van der Waals surface area contributed by atoms with Gasteiger partial charge in [-0.25, -0.2) is 0 Å². The van der Waals surface area contributed by atoms with Gasteiger partial charge < -0.3 is 10.1 Å². The second-order valence-electron chi connectivity index (χ2n) is 4.21. The third-order valence-electron chi connectivity index (χ3n) is 2.38. The quantitative estimate of drug-likeness (QED) is 0.741. The molecule has 0 spiro atoms. The molecule has 0 atom stereocenters. The number of ether oxygens (including phenoxy) is 1. The van der Waals surface area contributed by atoms with E-state index in [9.17, 15) is 13.2 Å². The number of pyridine rings is 1. The Labute approximate surface area is 111 Å². The van der Waals surface area contributed by atoms with Gasteiger partial charge in [0.2, 0.25) is 0 Å². The summed E-state index contributed by atoms with van der Waals surface area (Å²) in [7, 11) is 0. The molecule has 1 aromatic heterocycles. The second-order valence-corrected chi connectivity index (χ2v) is 4.21. The van der Waals surface area contributed by atoms with Crippen LogP contribution in [0.2, 0.25) is 0 Å². The highest BCUT2D eigenvalue weighted by molar-refractivity contribution is 5.10. The van der Waals surface area contributed by atoms with Gasteiger partial charge in [0.05, 0.1) is 31.0 Å². The van der Waals surface area contributed by atoms with Crippen LogP contribution >= 0.6 is 0 Å². The minimum absolute atomic E-state index is 0.109. The predicted octanol–water partition coefficient (Wildman–Crippen LogP) is 3.05. The number of rotatable bonds is 8. The van der Waals surface area contributed by atoms with E-state index >= 15 is 0 Å². The maximum Gasteiger partial charge on any atom is 0.391 e. The molecular formula is C13H19F3N2O. The standard InChI is InChI=1S/C13H19F3N2O/c1-2-7-17-9-11-4-3-5-12(18-11)10-19-8-6-13(14,15)16/h3-5,17H,2,6-10H2,1H3. The highest BCUT2D eigenvalue weighted by Crippen LogP contribution is 2.19. The van der Waals surface area contributed by atoms with E-state index in [4.69, 9.17) is 4.74 Å². The molecule has 0 fully saturated rings. The number of hydrogen-bond donors (Lipinski definition) is 1. The maximum absolute atomic E-state index is 11.9. The van der Waals surface area contributed by atoms with Gasteiger partial charge >= 0.3 is 6.18 Å². The van der Waals surface area contributed by atoms with Crippen LogP contribution in [0.5, 0.6) is 0 Å². The molecule has 0 saturated carbocycles. The van der Waals surface area contributed by atoms with Crippen molar-refractivity contribution in [3.05, 3.63) is 29.6 Å². The van der Waals surface area contributed by atoms with Crippen molar-refractivity contribution in [2.24, 2.45) is 0 Å². The van der Waals surface area contributed by atoms with E-state index < -0.39 is 12.6 Å². The van der Waals surface area contributed by atoms with E-state index in [1.807, 2.05) is 12.1 Å². The smallest absolute Gasteiger partial charge is 0.375 e. The molecule has 0 unspecified atom stereocenters. The molecule has 0 aromatic carbocycles. The number of nitrogens with one attached hydrogen (secondary N) is 1. The molecule has 0 aliphatic carbocycles. The van der Waals surface area contributed by atoms with Crippen molar-refractivity contribution in [2.75, 3.05) is 13.2 Å². The Morgan fingerprint density at radius 2 is 2.00 bits per heavy atom. The lowest BCUT2D eigenvalue weighted by atomic mass is 10.3. The molecule has 1 heterocycles. The van der Waals surface area contributed by atoms with Crippen molar-refractivity contribution in [2.45, 2.75) is 39.1 Å². The summed E-state index contributed by atoms with van der Waals surface area (Å²) in [6.07, 6.45) is -4.05. The summed E-state index contributed by atoms with van der Waals surface area (Å²) in [6.45, 7) is 3.42. The largest absolute Gasteiger partial charge is 0.391 e. The van der Waals surface area contributed by atoms with Crippen LogP contribution in [0.1, 0.15) is 31.2 Å². The van der Waals surface area contributed by atoms with E-state index in [1.54, 1.807) is 6.07 Å². The summed E-state index contributed by atoms with van der Waals surface area (Å²) < 4.78 is 40.7. The molecular weight excluding hydrogens is 257 g/mol. The lowest BCUT2D eigenvalue weighted by molar-refractivity contribution is -0.146. The van der Waals surface area contributed by atoms with E-state index in [-0.39, 0.29) is 13.2 Å².